The van der Waals surface area contributed by atoms with E-state index in [-0.39, 0.29) is 11.2 Å². The van der Waals surface area contributed by atoms with Crippen molar-refractivity contribution in [1.29, 1.82) is 5.26 Å². The summed E-state index contributed by atoms with van der Waals surface area (Å²) in [5.41, 5.74) is 2.14. The quantitative estimate of drug-likeness (QED) is 0.823. The molecular weight excluding hydrogens is 366 g/mol. The van der Waals surface area contributed by atoms with Gasteiger partial charge in [0.15, 0.2) is 0 Å². The highest BCUT2D eigenvalue weighted by atomic mass is 16.6. The van der Waals surface area contributed by atoms with Crippen LogP contribution in [0.15, 0.2) is 41.2 Å². The Morgan fingerprint density at radius 2 is 1.90 bits per heavy atom. The molecule has 3 rings (SSSR count). The van der Waals surface area contributed by atoms with Crippen molar-refractivity contribution in [2.45, 2.75) is 52.7 Å². The molecule has 152 valence electrons. The van der Waals surface area contributed by atoms with Gasteiger partial charge >= 0.3 is 6.09 Å². The van der Waals surface area contributed by atoms with Crippen molar-refractivity contribution in [2.24, 2.45) is 11.8 Å². The Morgan fingerprint density at radius 1 is 1.21 bits per heavy atom. The maximum absolute atomic E-state index is 12.9. The van der Waals surface area contributed by atoms with E-state index in [1.807, 2.05) is 37.3 Å². The summed E-state index contributed by atoms with van der Waals surface area (Å²) in [7, 11) is 0. The van der Waals surface area contributed by atoms with Gasteiger partial charge in [-0.05, 0) is 82.2 Å². The average Bonchev–Trinajstić information content (AvgIpc) is 3.37. The molecule has 1 heterocycles. The third-order valence-corrected chi connectivity index (χ3v) is 5.10. The van der Waals surface area contributed by atoms with E-state index < -0.39 is 11.7 Å². The van der Waals surface area contributed by atoms with Crippen molar-refractivity contribution in [3.8, 4) is 6.07 Å². The van der Waals surface area contributed by atoms with Crippen LogP contribution in [0.1, 0.15) is 44.0 Å². The number of benzene rings is 1. The molecule has 2 aromatic rings. The largest absolute Gasteiger partial charge is 0.444 e. The maximum Gasteiger partial charge on any atom is 0.412 e. The third-order valence-electron chi connectivity index (χ3n) is 5.10. The SMILES string of the molecule is Cc1ccc(NC(=O)OC(C)(C)C)c(=O)n1CC1C[C@@H]1Cc1ccc(C#N)cc1. The lowest BCUT2D eigenvalue weighted by Gasteiger charge is -2.20. The minimum atomic E-state index is -0.630. The molecule has 1 aliphatic carbocycles. The third kappa shape index (κ3) is 5.47. The normalized spacial score (nSPS) is 18.0. The lowest BCUT2D eigenvalue weighted by Crippen LogP contribution is -2.31. The monoisotopic (exact) mass is 393 g/mol. The zero-order chi connectivity index (χ0) is 21.2. The summed E-state index contributed by atoms with van der Waals surface area (Å²) in [4.78, 5) is 24.9. The molecule has 0 radical (unpaired) electrons. The van der Waals surface area contributed by atoms with E-state index in [0.717, 1.165) is 18.5 Å². The lowest BCUT2D eigenvalue weighted by atomic mass is 10.1. The van der Waals surface area contributed by atoms with Crippen LogP contribution in [-0.2, 0) is 17.7 Å². The van der Waals surface area contributed by atoms with Crippen LogP contribution in [0, 0.1) is 30.1 Å². The zero-order valence-corrected chi connectivity index (χ0v) is 17.4. The number of aryl methyl sites for hydroxylation is 1. The lowest BCUT2D eigenvalue weighted by molar-refractivity contribution is 0.0635. The van der Waals surface area contributed by atoms with E-state index in [2.05, 4.69) is 11.4 Å². The van der Waals surface area contributed by atoms with Crippen molar-refractivity contribution in [3.05, 3.63) is 63.6 Å². The van der Waals surface area contributed by atoms with Gasteiger partial charge in [-0.25, -0.2) is 4.79 Å². The average molecular weight is 393 g/mol. The Balaban J connectivity index is 1.64. The molecule has 6 nitrogen and oxygen atoms in total. The number of hydrogen-bond acceptors (Lipinski definition) is 4. The van der Waals surface area contributed by atoms with Gasteiger partial charge in [0.1, 0.15) is 11.3 Å². The molecular formula is C23H27N3O3. The first-order chi connectivity index (χ1) is 13.7. The molecule has 1 aliphatic rings. The van der Waals surface area contributed by atoms with Gasteiger partial charge in [0.05, 0.1) is 11.6 Å². The molecule has 1 N–H and O–H groups in total. The molecule has 6 heteroatoms. The molecule has 29 heavy (non-hydrogen) atoms. The first-order valence-corrected chi connectivity index (χ1v) is 9.86. The van der Waals surface area contributed by atoms with E-state index in [4.69, 9.17) is 10.00 Å². The molecule has 0 aliphatic heterocycles. The second kappa shape index (κ2) is 8.12. The summed E-state index contributed by atoms with van der Waals surface area (Å²) in [6, 6.07) is 13.3. The summed E-state index contributed by atoms with van der Waals surface area (Å²) in [6.45, 7) is 7.87. The Labute approximate surface area is 171 Å². The number of nitrogens with zero attached hydrogens (tertiary/aromatic N) is 2. The number of nitrogens with one attached hydrogen (secondary N) is 1. The molecule has 1 aromatic carbocycles. The molecule has 1 amide bonds. The van der Waals surface area contributed by atoms with E-state index in [1.165, 1.54) is 5.56 Å². The van der Waals surface area contributed by atoms with Gasteiger partial charge < -0.3 is 9.30 Å². The van der Waals surface area contributed by atoms with Crippen LogP contribution in [0.5, 0.6) is 0 Å². The summed E-state index contributed by atoms with van der Waals surface area (Å²) in [5.74, 6) is 0.954. The Kier molecular flexibility index (Phi) is 5.78. The highest BCUT2D eigenvalue weighted by Gasteiger charge is 2.37. The number of amides is 1. The van der Waals surface area contributed by atoms with Crippen LogP contribution in [0.2, 0.25) is 0 Å². The molecule has 0 spiro atoms. The molecule has 1 unspecified atom stereocenters. The van der Waals surface area contributed by atoms with E-state index >= 15 is 0 Å². The Hall–Kier alpha value is -3.07. The number of pyridine rings is 1. The van der Waals surface area contributed by atoms with Crippen molar-refractivity contribution in [2.75, 3.05) is 5.32 Å². The Morgan fingerprint density at radius 3 is 2.52 bits per heavy atom. The number of nitriles is 1. The predicted molar refractivity (Wildman–Crippen MR) is 112 cm³/mol. The number of carbonyl (C=O) groups excluding carboxylic acids is 1. The van der Waals surface area contributed by atoms with E-state index in [9.17, 15) is 9.59 Å². The molecule has 1 aromatic heterocycles. The second-order valence-electron chi connectivity index (χ2n) is 8.70. The number of aromatic nitrogens is 1. The fourth-order valence-electron chi connectivity index (χ4n) is 3.44. The van der Waals surface area contributed by atoms with Crippen molar-refractivity contribution >= 4 is 11.8 Å². The van der Waals surface area contributed by atoms with Crippen LogP contribution >= 0.6 is 0 Å². The molecule has 0 bridgehead atoms. The van der Waals surface area contributed by atoms with Crippen molar-refractivity contribution < 1.29 is 9.53 Å². The van der Waals surface area contributed by atoms with E-state index in [0.29, 0.717) is 23.9 Å². The molecule has 1 fully saturated rings. The smallest absolute Gasteiger partial charge is 0.412 e. The number of hydrogen-bond donors (Lipinski definition) is 1. The zero-order valence-electron chi connectivity index (χ0n) is 17.4. The minimum Gasteiger partial charge on any atom is -0.444 e. The standard InChI is InChI=1S/C23H27N3O3/c1-15-5-10-20(25-22(28)29-23(2,3)4)21(27)26(15)14-19-12-18(19)11-16-6-8-17(13-24)9-7-16/h5-10,18-19H,11-12,14H2,1-4H3,(H,25,28)/t18-,19?/m0/s1. The molecule has 2 atom stereocenters. The van der Waals surface area contributed by atoms with Crippen molar-refractivity contribution in [3.63, 3.8) is 0 Å². The first kappa shape index (κ1) is 20.7. The van der Waals surface area contributed by atoms with Crippen LogP contribution in [0.3, 0.4) is 0 Å². The Bertz CT molecular complexity index is 994. The van der Waals surface area contributed by atoms with Gasteiger partial charge in [-0.3, -0.25) is 10.1 Å². The highest BCUT2D eigenvalue weighted by Crippen LogP contribution is 2.42. The number of rotatable bonds is 5. The highest BCUT2D eigenvalue weighted by molar-refractivity contribution is 5.84. The predicted octanol–water partition coefficient (Wildman–Crippen LogP) is 4.25. The summed E-state index contributed by atoms with van der Waals surface area (Å²) in [6.07, 6.45) is 1.38. The van der Waals surface area contributed by atoms with Gasteiger partial charge in [0.2, 0.25) is 0 Å². The van der Waals surface area contributed by atoms with Crippen LogP contribution in [0.25, 0.3) is 0 Å². The number of ether oxygens (including phenoxy) is 1. The van der Waals surface area contributed by atoms with Crippen LogP contribution in [0.4, 0.5) is 10.5 Å². The fourth-order valence-corrected chi connectivity index (χ4v) is 3.44. The fraction of sp³-hybridized carbons (Fsp3) is 0.435. The first-order valence-electron chi connectivity index (χ1n) is 9.86. The molecule has 1 saturated carbocycles. The summed E-state index contributed by atoms with van der Waals surface area (Å²) in [5, 5.41) is 11.5. The topological polar surface area (TPSA) is 84.1 Å². The maximum atomic E-state index is 12.9. The van der Waals surface area contributed by atoms with Gasteiger partial charge in [0, 0.05) is 12.2 Å². The van der Waals surface area contributed by atoms with Crippen LogP contribution < -0.4 is 10.9 Å². The number of carbonyl (C=O) groups is 1. The van der Waals surface area contributed by atoms with Crippen molar-refractivity contribution in [1.82, 2.24) is 4.57 Å². The molecule has 0 saturated heterocycles. The van der Waals surface area contributed by atoms with E-state index in [1.54, 1.807) is 31.4 Å². The van der Waals surface area contributed by atoms with Crippen LogP contribution in [-0.4, -0.2) is 16.3 Å². The van der Waals surface area contributed by atoms with Gasteiger partial charge in [-0.15, -0.1) is 0 Å². The summed E-state index contributed by atoms with van der Waals surface area (Å²) >= 11 is 0. The van der Waals surface area contributed by atoms with Gasteiger partial charge in [-0.2, -0.15) is 5.26 Å². The second-order valence-corrected chi connectivity index (χ2v) is 8.70. The summed E-state index contributed by atoms with van der Waals surface area (Å²) < 4.78 is 6.97. The van der Waals surface area contributed by atoms with Gasteiger partial charge in [-0.1, -0.05) is 12.1 Å². The number of anilines is 1. The minimum absolute atomic E-state index is 0.208. The van der Waals surface area contributed by atoms with Gasteiger partial charge in [0.25, 0.3) is 5.56 Å².